The van der Waals surface area contributed by atoms with Crippen molar-refractivity contribution in [2.75, 3.05) is 0 Å². The normalized spacial score (nSPS) is 10.2. The van der Waals surface area contributed by atoms with Gasteiger partial charge in [-0.05, 0) is 18.2 Å². The van der Waals surface area contributed by atoms with Crippen LogP contribution in [0.2, 0.25) is 0 Å². The zero-order valence-corrected chi connectivity index (χ0v) is 9.04. The average Bonchev–Trinajstić information content (AvgIpc) is 2.70. The maximum Gasteiger partial charge on any atom is 0.366 e. The van der Waals surface area contributed by atoms with E-state index in [0.717, 1.165) is 23.5 Å². The van der Waals surface area contributed by atoms with Gasteiger partial charge in [-0.1, -0.05) is 11.3 Å². The van der Waals surface area contributed by atoms with E-state index in [2.05, 4.69) is 0 Å². The fourth-order valence-corrected chi connectivity index (χ4v) is 1.81. The molecule has 0 spiro atoms. The lowest BCUT2D eigenvalue weighted by Gasteiger charge is -2.03. The summed E-state index contributed by atoms with van der Waals surface area (Å²) in [6, 6.07) is 4.09. The topological polar surface area (TPSA) is 52.4 Å². The van der Waals surface area contributed by atoms with Crippen molar-refractivity contribution < 1.29 is 18.4 Å². The Morgan fingerprint density at radius 2 is 2.00 bits per heavy atom. The predicted octanol–water partition coefficient (Wildman–Crippen LogP) is 3.73. The summed E-state index contributed by atoms with van der Waals surface area (Å²) in [4.78, 5) is 9.97. The molecule has 4 nitrogen and oxygen atoms in total. The number of benzene rings is 1. The number of ether oxygens (including phenoxy) is 1. The van der Waals surface area contributed by atoms with Crippen molar-refractivity contribution in [2.24, 2.45) is 0 Å². The molecule has 0 saturated heterocycles. The first kappa shape index (κ1) is 11.5. The van der Waals surface area contributed by atoms with Gasteiger partial charge in [0.2, 0.25) is 5.75 Å². The number of rotatable bonds is 3. The lowest BCUT2D eigenvalue weighted by atomic mass is 10.3. The first-order valence-electron chi connectivity index (χ1n) is 4.42. The lowest BCUT2D eigenvalue weighted by molar-refractivity contribution is -0.380. The molecule has 88 valence electrons. The van der Waals surface area contributed by atoms with Gasteiger partial charge in [-0.15, -0.1) is 0 Å². The Hall–Kier alpha value is -2.02. The molecule has 0 N–H and O–H groups in total. The molecule has 0 saturated carbocycles. The Bertz CT molecular complexity index is 570. The summed E-state index contributed by atoms with van der Waals surface area (Å²) in [6.07, 6.45) is 0. The number of hydrogen-bond acceptors (Lipinski definition) is 4. The maximum absolute atomic E-state index is 13.2. The summed E-state index contributed by atoms with van der Waals surface area (Å²) >= 11 is 0.865. The van der Waals surface area contributed by atoms with Crippen LogP contribution in [0.15, 0.2) is 29.6 Å². The first-order valence-corrected chi connectivity index (χ1v) is 5.30. The zero-order chi connectivity index (χ0) is 12.4. The molecule has 0 radical (unpaired) electrons. The quantitative estimate of drug-likeness (QED) is 0.621. The molecule has 1 aromatic carbocycles. The highest BCUT2D eigenvalue weighted by Gasteiger charge is 2.18. The number of nitro groups is 1. The van der Waals surface area contributed by atoms with Gasteiger partial charge >= 0.3 is 5.00 Å². The standard InChI is InChI=1S/C10H5F2NO3S/c11-6-1-2-8(7(12)5-6)16-9-3-4-17-10(9)13(14)15/h1-5H. The smallest absolute Gasteiger partial charge is 0.366 e. The van der Waals surface area contributed by atoms with Gasteiger partial charge in [0, 0.05) is 11.4 Å². The van der Waals surface area contributed by atoms with Gasteiger partial charge in [-0.3, -0.25) is 10.1 Å². The van der Waals surface area contributed by atoms with E-state index >= 15 is 0 Å². The minimum absolute atomic E-state index is 0.0643. The molecule has 0 unspecified atom stereocenters. The third kappa shape index (κ3) is 2.39. The van der Waals surface area contributed by atoms with Crippen molar-refractivity contribution in [3.8, 4) is 11.5 Å². The molecule has 17 heavy (non-hydrogen) atoms. The van der Waals surface area contributed by atoms with Crippen LogP contribution in [0, 0.1) is 21.7 Å². The summed E-state index contributed by atoms with van der Waals surface area (Å²) in [6.45, 7) is 0. The molecular weight excluding hydrogens is 252 g/mol. The molecule has 0 atom stereocenters. The van der Waals surface area contributed by atoms with Crippen LogP contribution in [-0.4, -0.2) is 4.92 Å². The van der Waals surface area contributed by atoms with E-state index < -0.39 is 16.6 Å². The largest absolute Gasteiger partial charge is 0.446 e. The first-order chi connectivity index (χ1) is 8.08. The third-order valence-corrected chi connectivity index (χ3v) is 2.74. The number of nitrogens with zero attached hydrogens (tertiary/aromatic N) is 1. The molecule has 1 aromatic heterocycles. The van der Waals surface area contributed by atoms with Gasteiger partial charge in [0.25, 0.3) is 0 Å². The molecule has 0 amide bonds. The van der Waals surface area contributed by atoms with E-state index in [9.17, 15) is 18.9 Å². The summed E-state index contributed by atoms with van der Waals surface area (Å²) in [5.74, 6) is -1.97. The minimum Gasteiger partial charge on any atom is -0.446 e. The van der Waals surface area contributed by atoms with Crippen molar-refractivity contribution in [2.45, 2.75) is 0 Å². The SMILES string of the molecule is O=[N+]([O-])c1sccc1Oc1ccc(F)cc1F. The molecule has 2 rings (SSSR count). The van der Waals surface area contributed by atoms with E-state index in [-0.39, 0.29) is 16.5 Å². The molecule has 7 heteroatoms. The summed E-state index contributed by atoms with van der Waals surface area (Å²) < 4.78 is 30.9. The van der Waals surface area contributed by atoms with E-state index in [4.69, 9.17) is 4.74 Å². The second-order valence-electron chi connectivity index (χ2n) is 3.02. The molecule has 1 heterocycles. The molecule has 0 aliphatic rings. The predicted molar refractivity (Wildman–Crippen MR) is 57.4 cm³/mol. The molecule has 0 fully saturated rings. The van der Waals surface area contributed by atoms with Crippen LogP contribution >= 0.6 is 11.3 Å². The van der Waals surface area contributed by atoms with Crippen LogP contribution in [0.3, 0.4) is 0 Å². The van der Waals surface area contributed by atoms with Crippen molar-refractivity contribution in [1.29, 1.82) is 0 Å². The van der Waals surface area contributed by atoms with Crippen LogP contribution in [0.4, 0.5) is 13.8 Å². The van der Waals surface area contributed by atoms with Crippen molar-refractivity contribution in [1.82, 2.24) is 0 Å². The number of hydrogen-bond donors (Lipinski definition) is 0. The highest BCUT2D eigenvalue weighted by Crippen LogP contribution is 2.36. The van der Waals surface area contributed by atoms with E-state index in [1.54, 1.807) is 0 Å². The van der Waals surface area contributed by atoms with Gasteiger partial charge in [-0.2, -0.15) is 0 Å². The summed E-state index contributed by atoms with van der Waals surface area (Å²) in [5.41, 5.74) is 0. The monoisotopic (exact) mass is 257 g/mol. The molecule has 0 aliphatic heterocycles. The van der Waals surface area contributed by atoms with E-state index in [1.807, 2.05) is 0 Å². The van der Waals surface area contributed by atoms with E-state index in [0.29, 0.717) is 6.07 Å². The molecular formula is C10H5F2NO3S. The summed E-state index contributed by atoms with van der Waals surface area (Å²) in [5, 5.41) is 11.8. The number of thiophene rings is 1. The fourth-order valence-electron chi connectivity index (χ4n) is 1.18. The molecule has 0 bridgehead atoms. The second kappa shape index (κ2) is 4.46. The van der Waals surface area contributed by atoms with Crippen LogP contribution in [-0.2, 0) is 0 Å². The fraction of sp³-hybridized carbons (Fsp3) is 0. The highest BCUT2D eigenvalue weighted by atomic mass is 32.1. The van der Waals surface area contributed by atoms with Crippen LogP contribution in [0.5, 0.6) is 11.5 Å². The summed E-state index contributed by atoms with van der Waals surface area (Å²) in [7, 11) is 0. The average molecular weight is 257 g/mol. The minimum atomic E-state index is -0.912. The Balaban J connectivity index is 2.31. The van der Waals surface area contributed by atoms with E-state index in [1.165, 1.54) is 11.4 Å². The number of halogens is 2. The van der Waals surface area contributed by atoms with Crippen molar-refractivity contribution in [3.05, 3.63) is 51.4 Å². The van der Waals surface area contributed by atoms with Crippen LogP contribution in [0.25, 0.3) is 0 Å². The van der Waals surface area contributed by atoms with Crippen molar-refractivity contribution >= 4 is 16.3 Å². The molecule has 0 aliphatic carbocycles. The second-order valence-corrected chi connectivity index (χ2v) is 3.92. The maximum atomic E-state index is 13.2. The Morgan fingerprint density at radius 3 is 2.65 bits per heavy atom. The highest BCUT2D eigenvalue weighted by molar-refractivity contribution is 7.13. The molecule has 2 aromatic rings. The third-order valence-electron chi connectivity index (χ3n) is 1.89. The van der Waals surface area contributed by atoms with Gasteiger partial charge in [0.1, 0.15) is 5.82 Å². The van der Waals surface area contributed by atoms with Gasteiger partial charge in [0.05, 0.1) is 4.92 Å². The lowest BCUT2D eigenvalue weighted by Crippen LogP contribution is -1.91. The van der Waals surface area contributed by atoms with Crippen molar-refractivity contribution in [3.63, 3.8) is 0 Å². The van der Waals surface area contributed by atoms with Crippen LogP contribution in [0.1, 0.15) is 0 Å². The Labute approximate surface area is 98.2 Å². The van der Waals surface area contributed by atoms with Gasteiger partial charge in [0.15, 0.2) is 11.6 Å². The Morgan fingerprint density at radius 1 is 1.24 bits per heavy atom. The Kier molecular flexibility index (Phi) is 3.01. The zero-order valence-electron chi connectivity index (χ0n) is 8.22. The van der Waals surface area contributed by atoms with Gasteiger partial charge < -0.3 is 4.74 Å². The van der Waals surface area contributed by atoms with Crippen LogP contribution < -0.4 is 4.74 Å². The van der Waals surface area contributed by atoms with Gasteiger partial charge in [-0.25, -0.2) is 8.78 Å².